The Kier molecular flexibility index (Phi) is 4.97. The van der Waals surface area contributed by atoms with E-state index in [9.17, 15) is 13.2 Å². The molecule has 118 valence electrons. The Morgan fingerprint density at radius 1 is 1.27 bits per heavy atom. The second kappa shape index (κ2) is 6.58. The Morgan fingerprint density at radius 2 is 1.91 bits per heavy atom. The number of aromatic nitrogens is 1. The minimum absolute atomic E-state index is 0.0184. The summed E-state index contributed by atoms with van der Waals surface area (Å²) in [5.41, 5.74) is 2.08. The predicted molar refractivity (Wildman–Crippen MR) is 87.6 cm³/mol. The molecule has 2 aromatic rings. The lowest BCUT2D eigenvalue weighted by Crippen LogP contribution is -2.26. The van der Waals surface area contributed by atoms with Crippen molar-refractivity contribution in [1.29, 1.82) is 0 Å². The highest BCUT2D eigenvalue weighted by molar-refractivity contribution is 7.89. The van der Waals surface area contributed by atoms with Gasteiger partial charge in [0.15, 0.2) is 9.84 Å². The first kappa shape index (κ1) is 16.6. The van der Waals surface area contributed by atoms with E-state index in [1.165, 1.54) is 6.26 Å². The molecular weight excluding hydrogens is 320 g/mol. The first-order chi connectivity index (χ1) is 10.2. The topological polar surface area (TPSA) is 67.3 Å². The van der Waals surface area contributed by atoms with Gasteiger partial charge in [0.25, 0.3) is 5.91 Å². The van der Waals surface area contributed by atoms with Crippen LogP contribution in [0.1, 0.15) is 26.6 Å². The Bertz CT molecular complexity index is 764. The second-order valence-corrected chi connectivity index (χ2v) is 8.49. The van der Waals surface area contributed by atoms with Gasteiger partial charge >= 0.3 is 0 Å². The van der Waals surface area contributed by atoms with Crippen LogP contribution in [0.2, 0.25) is 0 Å². The summed E-state index contributed by atoms with van der Waals surface area (Å²) in [6.45, 7) is 2.38. The molecule has 1 aromatic carbocycles. The molecule has 0 bridgehead atoms. The van der Waals surface area contributed by atoms with E-state index in [1.807, 2.05) is 12.3 Å². The highest BCUT2D eigenvalue weighted by Gasteiger charge is 2.14. The van der Waals surface area contributed by atoms with Gasteiger partial charge in [-0.1, -0.05) is 12.1 Å². The van der Waals surface area contributed by atoms with Crippen LogP contribution < -0.4 is 0 Å². The Hall–Kier alpha value is -1.73. The maximum atomic E-state index is 12.3. The molecule has 0 saturated heterocycles. The van der Waals surface area contributed by atoms with Crippen molar-refractivity contribution in [3.05, 3.63) is 51.5 Å². The fourth-order valence-electron chi connectivity index (χ4n) is 2.06. The molecule has 0 aliphatic heterocycles. The van der Waals surface area contributed by atoms with E-state index in [-0.39, 0.29) is 11.7 Å². The smallest absolute Gasteiger partial charge is 0.253 e. The van der Waals surface area contributed by atoms with Crippen LogP contribution in [0.4, 0.5) is 0 Å². The fourth-order valence-corrected chi connectivity index (χ4v) is 3.46. The lowest BCUT2D eigenvalue weighted by molar-refractivity contribution is 0.0783. The molecule has 0 N–H and O–H groups in total. The average Bonchev–Trinajstić information content (AvgIpc) is 2.82. The first-order valence-corrected chi connectivity index (χ1v) is 9.62. The molecule has 1 amide bonds. The highest BCUT2D eigenvalue weighted by Crippen LogP contribution is 2.13. The van der Waals surface area contributed by atoms with Gasteiger partial charge in [0, 0.05) is 24.2 Å². The molecule has 0 fully saturated rings. The van der Waals surface area contributed by atoms with Crippen molar-refractivity contribution in [3.8, 4) is 0 Å². The third-order valence-corrected chi connectivity index (χ3v) is 4.72. The number of amides is 1. The molecule has 1 aromatic heterocycles. The van der Waals surface area contributed by atoms with Crippen LogP contribution >= 0.6 is 11.3 Å². The summed E-state index contributed by atoms with van der Waals surface area (Å²) in [7, 11) is -1.34. The molecule has 2 rings (SSSR count). The lowest BCUT2D eigenvalue weighted by Gasteiger charge is -2.16. The number of hydrogen-bond acceptors (Lipinski definition) is 5. The van der Waals surface area contributed by atoms with E-state index >= 15 is 0 Å². The van der Waals surface area contributed by atoms with Gasteiger partial charge in [0.05, 0.1) is 23.0 Å². The van der Waals surface area contributed by atoms with Gasteiger partial charge in [-0.2, -0.15) is 0 Å². The maximum absolute atomic E-state index is 12.3. The van der Waals surface area contributed by atoms with Crippen molar-refractivity contribution in [2.75, 3.05) is 13.3 Å². The Labute approximate surface area is 134 Å². The van der Waals surface area contributed by atoms with Crippen molar-refractivity contribution >= 4 is 27.1 Å². The van der Waals surface area contributed by atoms with Crippen LogP contribution in [0.3, 0.4) is 0 Å². The summed E-state index contributed by atoms with van der Waals surface area (Å²) in [6, 6.07) is 6.67. The zero-order valence-corrected chi connectivity index (χ0v) is 14.4. The average molecular weight is 338 g/mol. The molecule has 0 saturated carbocycles. The van der Waals surface area contributed by atoms with Gasteiger partial charge in [-0.05, 0) is 24.6 Å². The van der Waals surface area contributed by atoms with Crippen LogP contribution in [-0.4, -0.2) is 37.5 Å². The van der Waals surface area contributed by atoms with Crippen LogP contribution in [0.5, 0.6) is 0 Å². The molecule has 0 unspecified atom stereocenters. The molecule has 0 atom stereocenters. The number of thiazole rings is 1. The van der Waals surface area contributed by atoms with Gasteiger partial charge in [-0.25, -0.2) is 13.4 Å². The van der Waals surface area contributed by atoms with Gasteiger partial charge in [0.2, 0.25) is 0 Å². The minimum atomic E-state index is -3.07. The fraction of sp³-hybridized carbons (Fsp3) is 0.333. The highest BCUT2D eigenvalue weighted by atomic mass is 32.2. The van der Waals surface area contributed by atoms with Gasteiger partial charge in [-0.3, -0.25) is 4.79 Å². The number of carbonyl (C=O) groups excluding carboxylic acids is 1. The standard InChI is InChI=1S/C15H18N2O3S2/c1-11-16-14(9-21-11)8-17(2)15(18)13-6-4-12(5-7-13)10-22(3,19)20/h4-7,9H,8,10H2,1-3H3. The second-order valence-electron chi connectivity index (χ2n) is 5.29. The third-order valence-electron chi connectivity index (χ3n) is 3.04. The van der Waals surface area contributed by atoms with Crippen LogP contribution in [0.15, 0.2) is 29.6 Å². The zero-order valence-electron chi connectivity index (χ0n) is 12.7. The molecule has 1 heterocycles. The summed E-state index contributed by atoms with van der Waals surface area (Å²) in [6.07, 6.45) is 1.19. The maximum Gasteiger partial charge on any atom is 0.253 e. The summed E-state index contributed by atoms with van der Waals surface area (Å²) >= 11 is 1.56. The van der Waals surface area contributed by atoms with E-state index in [4.69, 9.17) is 0 Å². The van der Waals surface area contributed by atoms with E-state index < -0.39 is 9.84 Å². The normalized spacial score (nSPS) is 11.4. The quantitative estimate of drug-likeness (QED) is 0.839. The van der Waals surface area contributed by atoms with Crippen LogP contribution in [0, 0.1) is 6.92 Å². The predicted octanol–water partition coefficient (Wildman–Crippen LogP) is 2.27. The molecule has 0 aliphatic carbocycles. The summed E-state index contributed by atoms with van der Waals surface area (Å²) < 4.78 is 22.5. The number of nitrogens with zero attached hydrogens (tertiary/aromatic N) is 2. The molecular formula is C15H18N2O3S2. The molecule has 0 radical (unpaired) electrons. The SMILES string of the molecule is Cc1nc(CN(C)C(=O)c2ccc(CS(C)(=O)=O)cc2)cs1. The van der Waals surface area contributed by atoms with Crippen molar-refractivity contribution < 1.29 is 13.2 Å². The summed E-state index contributed by atoms with van der Waals surface area (Å²) in [5.74, 6) is -0.133. The molecule has 22 heavy (non-hydrogen) atoms. The minimum Gasteiger partial charge on any atom is -0.336 e. The third kappa shape index (κ3) is 4.64. The molecule has 0 aliphatic rings. The number of hydrogen-bond donors (Lipinski definition) is 0. The first-order valence-electron chi connectivity index (χ1n) is 6.68. The Balaban J connectivity index is 2.05. The van der Waals surface area contributed by atoms with Crippen LogP contribution in [0.25, 0.3) is 0 Å². The van der Waals surface area contributed by atoms with E-state index in [2.05, 4.69) is 4.98 Å². The number of rotatable bonds is 5. The van der Waals surface area contributed by atoms with Crippen molar-refractivity contribution in [2.24, 2.45) is 0 Å². The molecule has 5 nitrogen and oxygen atoms in total. The van der Waals surface area contributed by atoms with E-state index in [0.29, 0.717) is 17.7 Å². The lowest BCUT2D eigenvalue weighted by atomic mass is 10.1. The van der Waals surface area contributed by atoms with Gasteiger partial charge in [0.1, 0.15) is 0 Å². The van der Waals surface area contributed by atoms with Crippen molar-refractivity contribution in [1.82, 2.24) is 9.88 Å². The van der Waals surface area contributed by atoms with Gasteiger partial charge in [-0.15, -0.1) is 11.3 Å². The largest absolute Gasteiger partial charge is 0.336 e. The number of sulfone groups is 1. The summed E-state index contributed by atoms with van der Waals surface area (Å²) in [4.78, 5) is 18.3. The van der Waals surface area contributed by atoms with Crippen molar-refractivity contribution in [3.63, 3.8) is 0 Å². The van der Waals surface area contributed by atoms with E-state index in [1.54, 1.807) is 47.5 Å². The number of benzene rings is 1. The molecule has 7 heteroatoms. The Morgan fingerprint density at radius 3 is 2.41 bits per heavy atom. The van der Waals surface area contributed by atoms with E-state index in [0.717, 1.165) is 10.7 Å². The number of carbonyl (C=O) groups is 1. The monoisotopic (exact) mass is 338 g/mol. The van der Waals surface area contributed by atoms with Crippen molar-refractivity contribution in [2.45, 2.75) is 19.2 Å². The van der Waals surface area contributed by atoms with Gasteiger partial charge < -0.3 is 4.90 Å². The summed E-state index contributed by atoms with van der Waals surface area (Å²) in [5, 5.41) is 2.91. The number of aryl methyl sites for hydroxylation is 1. The zero-order chi connectivity index (χ0) is 16.3. The van der Waals surface area contributed by atoms with Crippen LogP contribution in [-0.2, 0) is 22.1 Å². The molecule has 0 spiro atoms.